The van der Waals surface area contributed by atoms with Crippen molar-refractivity contribution >= 4 is 12.0 Å². The highest BCUT2D eigenvalue weighted by atomic mass is 19.4. The van der Waals surface area contributed by atoms with Crippen LogP contribution in [0.15, 0.2) is 42.5 Å². The summed E-state index contributed by atoms with van der Waals surface area (Å²) in [5.74, 6) is -0.690. The van der Waals surface area contributed by atoms with Crippen LogP contribution < -0.4 is 4.74 Å². The minimum Gasteiger partial charge on any atom is -0.491 e. The Kier molecular flexibility index (Phi) is 9.89. The molecule has 0 heterocycles. The Labute approximate surface area is 222 Å². The van der Waals surface area contributed by atoms with Crippen LogP contribution >= 0.6 is 0 Å². The van der Waals surface area contributed by atoms with Crippen LogP contribution in [0.2, 0.25) is 0 Å². The highest BCUT2D eigenvalue weighted by molar-refractivity contribution is 5.67. The standard InChI is InChI=1S/C28H32F6O5/c1-5-25(6-2,21-9-10-23(18(4)14-21)39-16-22(35)15-24(36)37)20-8-7-19(17(3)13-20)11-12-26(38,27(29,30)31)28(32,33)34/h7-14,22,35,38H,5-6,15-16H2,1-4H3,(H,36,37)/t22-/m1/s1. The molecule has 0 aliphatic carbocycles. The first-order chi connectivity index (χ1) is 17.9. The van der Waals surface area contributed by atoms with Gasteiger partial charge in [0.25, 0.3) is 5.60 Å². The van der Waals surface area contributed by atoms with E-state index in [1.54, 1.807) is 32.0 Å². The van der Waals surface area contributed by atoms with E-state index < -0.39 is 41.9 Å². The van der Waals surface area contributed by atoms with Crippen molar-refractivity contribution in [1.82, 2.24) is 0 Å². The van der Waals surface area contributed by atoms with Gasteiger partial charge in [0, 0.05) is 5.41 Å². The van der Waals surface area contributed by atoms with Crippen LogP contribution in [0.1, 0.15) is 60.9 Å². The highest BCUT2D eigenvalue weighted by Crippen LogP contribution is 2.45. The summed E-state index contributed by atoms with van der Waals surface area (Å²) in [5.41, 5.74) is -2.58. The monoisotopic (exact) mass is 562 g/mol. The van der Waals surface area contributed by atoms with Gasteiger partial charge >= 0.3 is 18.3 Å². The molecule has 0 bridgehead atoms. The van der Waals surface area contributed by atoms with E-state index in [9.17, 15) is 41.4 Å². The van der Waals surface area contributed by atoms with Crippen molar-refractivity contribution in [3.63, 3.8) is 0 Å². The summed E-state index contributed by atoms with van der Waals surface area (Å²) in [6, 6.07) is 10.2. The lowest BCUT2D eigenvalue weighted by atomic mass is 9.70. The van der Waals surface area contributed by atoms with Gasteiger partial charge in [-0.3, -0.25) is 4.79 Å². The van der Waals surface area contributed by atoms with E-state index in [1.807, 2.05) is 26.0 Å². The van der Waals surface area contributed by atoms with E-state index in [2.05, 4.69) is 0 Å². The van der Waals surface area contributed by atoms with Crippen molar-refractivity contribution < 1.29 is 51.2 Å². The van der Waals surface area contributed by atoms with Crippen LogP contribution in [-0.2, 0) is 10.2 Å². The van der Waals surface area contributed by atoms with E-state index >= 15 is 0 Å². The number of benzene rings is 2. The van der Waals surface area contributed by atoms with Crippen LogP contribution in [0.3, 0.4) is 0 Å². The van der Waals surface area contributed by atoms with Crippen LogP contribution in [0.5, 0.6) is 5.75 Å². The summed E-state index contributed by atoms with van der Waals surface area (Å²) in [6.07, 6.45) is -11.9. The maximum atomic E-state index is 13.0. The molecule has 216 valence electrons. The first kappa shape index (κ1) is 32.2. The summed E-state index contributed by atoms with van der Waals surface area (Å²) in [5, 5.41) is 27.9. The van der Waals surface area contributed by atoms with Gasteiger partial charge in [0.15, 0.2) is 0 Å². The number of aryl methyl sites for hydroxylation is 2. The minimum atomic E-state index is -5.95. The second-order valence-electron chi connectivity index (χ2n) is 9.50. The van der Waals surface area contributed by atoms with E-state index in [0.29, 0.717) is 30.2 Å². The van der Waals surface area contributed by atoms with Gasteiger partial charge in [-0.25, -0.2) is 0 Å². The third-order valence-electron chi connectivity index (χ3n) is 6.97. The molecule has 0 amide bonds. The number of carboxylic acid groups (broad SMARTS) is 1. The van der Waals surface area contributed by atoms with Gasteiger partial charge in [-0.1, -0.05) is 50.3 Å². The Balaban J connectivity index is 2.42. The smallest absolute Gasteiger partial charge is 0.430 e. The van der Waals surface area contributed by atoms with Crippen LogP contribution in [0.4, 0.5) is 26.3 Å². The molecule has 0 radical (unpaired) electrons. The number of aliphatic hydroxyl groups is 2. The number of ether oxygens (including phenoxy) is 1. The molecule has 0 unspecified atom stereocenters. The fraction of sp³-hybridized carbons (Fsp3) is 0.464. The topological polar surface area (TPSA) is 87.0 Å². The molecule has 0 aromatic heterocycles. The fourth-order valence-corrected chi connectivity index (χ4v) is 4.51. The summed E-state index contributed by atoms with van der Waals surface area (Å²) < 4.78 is 83.8. The maximum Gasteiger partial charge on any atom is 0.430 e. The zero-order chi connectivity index (χ0) is 29.8. The molecular formula is C28H32F6O5. The molecule has 2 rings (SSSR count). The number of rotatable bonds is 11. The summed E-state index contributed by atoms with van der Waals surface area (Å²) >= 11 is 0. The maximum absolute atomic E-state index is 13.0. The van der Waals surface area contributed by atoms with E-state index in [4.69, 9.17) is 9.84 Å². The van der Waals surface area contributed by atoms with E-state index in [-0.39, 0.29) is 18.2 Å². The molecule has 11 heteroatoms. The molecule has 2 aromatic rings. The molecule has 3 N–H and O–H groups in total. The third kappa shape index (κ3) is 6.94. The van der Waals surface area contributed by atoms with Gasteiger partial charge < -0.3 is 20.1 Å². The van der Waals surface area contributed by atoms with Gasteiger partial charge in [-0.15, -0.1) is 0 Å². The SMILES string of the molecule is CCC(CC)(c1ccc(C=CC(O)(C(F)(F)F)C(F)(F)F)c(C)c1)c1ccc(OC[C@H](O)CC(=O)O)c(C)c1. The summed E-state index contributed by atoms with van der Waals surface area (Å²) in [6.45, 7) is 7.07. The van der Waals surface area contributed by atoms with Crippen molar-refractivity contribution in [2.75, 3.05) is 6.61 Å². The number of hydrogen-bond acceptors (Lipinski definition) is 4. The number of carboxylic acids is 1. The van der Waals surface area contributed by atoms with E-state index in [0.717, 1.165) is 16.7 Å². The molecule has 0 saturated heterocycles. The number of alkyl halides is 6. The quantitative estimate of drug-likeness (QED) is 0.273. The Bertz CT molecular complexity index is 1170. The van der Waals surface area contributed by atoms with Crippen LogP contribution in [-0.4, -0.2) is 52.0 Å². The third-order valence-corrected chi connectivity index (χ3v) is 6.97. The van der Waals surface area contributed by atoms with Gasteiger partial charge in [0.05, 0.1) is 12.5 Å². The fourth-order valence-electron chi connectivity index (χ4n) is 4.51. The predicted molar refractivity (Wildman–Crippen MR) is 134 cm³/mol. The number of aliphatic carboxylic acids is 1. The Morgan fingerprint density at radius 1 is 0.923 bits per heavy atom. The normalized spacial score (nSPS) is 14.1. The summed E-state index contributed by atoms with van der Waals surface area (Å²) in [7, 11) is 0. The Morgan fingerprint density at radius 2 is 1.44 bits per heavy atom. The van der Waals surface area contributed by atoms with Crippen molar-refractivity contribution in [2.24, 2.45) is 0 Å². The van der Waals surface area contributed by atoms with Crippen molar-refractivity contribution in [3.05, 3.63) is 70.3 Å². The number of hydrogen-bond donors (Lipinski definition) is 3. The molecule has 1 atom stereocenters. The molecule has 0 spiro atoms. The number of aliphatic hydroxyl groups excluding tert-OH is 1. The number of halogens is 6. The molecular weight excluding hydrogens is 530 g/mol. The van der Waals surface area contributed by atoms with Crippen LogP contribution in [0.25, 0.3) is 6.08 Å². The van der Waals surface area contributed by atoms with Gasteiger partial charge in [-0.2, -0.15) is 26.3 Å². The Morgan fingerprint density at radius 3 is 1.87 bits per heavy atom. The largest absolute Gasteiger partial charge is 0.491 e. The van der Waals surface area contributed by atoms with Crippen molar-refractivity contribution in [1.29, 1.82) is 0 Å². The average molecular weight is 563 g/mol. The zero-order valence-corrected chi connectivity index (χ0v) is 22.0. The van der Waals surface area contributed by atoms with Gasteiger partial charge in [0.1, 0.15) is 12.4 Å². The molecule has 0 aliphatic heterocycles. The minimum absolute atomic E-state index is 0.0895. The second kappa shape index (κ2) is 12.0. The first-order valence-electron chi connectivity index (χ1n) is 12.2. The van der Waals surface area contributed by atoms with Crippen LogP contribution in [0, 0.1) is 13.8 Å². The molecule has 0 aliphatic rings. The van der Waals surface area contributed by atoms with Crippen molar-refractivity contribution in [3.8, 4) is 5.75 Å². The number of carbonyl (C=O) groups is 1. The molecule has 39 heavy (non-hydrogen) atoms. The lowest BCUT2D eigenvalue weighted by molar-refractivity contribution is -0.347. The Hall–Kier alpha value is -3.05. The lowest BCUT2D eigenvalue weighted by Crippen LogP contribution is -2.55. The molecule has 5 nitrogen and oxygen atoms in total. The highest BCUT2D eigenvalue weighted by Gasteiger charge is 2.68. The lowest BCUT2D eigenvalue weighted by Gasteiger charge is -2.34. The summed E-state index contributed by atoms with van der Waals surface area (Å²) in [4.78, 5) is 10.7. The van der Waals surface area contributed by atoms with Crippen molar-refractivity contribution in [2.45, 2.75) is 76.4 Å². The van der Waals surface area contributed by atoms with Gasteiger partial charge in [-0.05, 0) is 66.6 Å². The molecule has 2 aromatic carbocycles. The van der Waals surface area contributed by atoms with E-state index in [1.165, 1.54) is 6.07 Å². The first-order valence-corrected chi connectivity index (χ1v) is 12.2. The predicted octanol–water partition coefficient (Wildman–Crippen LogP) is 6.49. The molecule has 0 saturated carbocycles. The van der Waals surface area contributed by atoms with Gasteiger partial charge in [0.2, 0.25) is 0 Å². The molecule has 0 fully saturated rings. The average Bonchev–Trinajstić information content (AvgIpc) is 2.82. The second-order valence-corrected chi connectivity index (χ2v) is 9.50. The zero-order valence-electron chi connectivity index (χ0n) is 22.0.